The highest BCUT2D eigenvalue weighted by Gasteiger charge is 2.33. The van der Waals surface area contributed by atoms with Gasteiger partial charge < -0.3 is 9.64 Å². The van der Waals surface area contributed by atoms with E-state index < -0.39 is 4.92 Å². The highest BCUT2D eigenvalue weighted by Crippen LogP contribution is 2.22. The van der Waals surface area contributed by atoms with Gasteiger partial charge in [0.25, 0.3) is 5.69 Å². The number of nitrogens with zero attached hydrogens (tertiary/aromatic N) is 3. The number of amides is 1. The molecule has 0 saturated carbocycles. The second-order valence-electron chi connectivity index (χ2n) is 4.98. The predicted molar refractivity (Wildman–Crippen MR) is 71.6 cm³/mol. The molecule has 2 aliphatic rings. The van der Waals surface area contributed by atoms with Crippen LogP contribution in [0.25, 0.3) is 0 Å². The van der Waals surface area contributed by atoms with Crippen molar-refractivity contribution in [2.75, 3.05) is 37.7 Å². The van der Waals surface area contributed by atoms with Crippen molar-refractivity contribution in [2.45, 2.75) is 6.04 Å². The van der Waals surface area contributed by atoms with E-state index in [0.29, 0.717) is 38.0 Å². The van der Waals surface area contributed by atoms with Crippen LogP contribution in [-0.4, -0.2) is 54.6 Å². The van der Waals surface area contributed by atoms with Crippen molar-refractivity contribution in [1.29, 1.82) is 0 Å². The van der Waals surface area contributed by atoms with Gasteiger partial charge in [-0.3, -0.25) is 19.8 Å². The zero-order valence-corrected chi connectivity index (χ0v) is 10.9. The first-order valence-corrected chi connectivity index (χ1v) is 6.52. The molecular formula is C13H15N3O4. The molecule has 2 fully saturated rings. The van der Waals surface area contributed by atoms with Gasteiger partial charge in [-0.25, -0.2) is 0 Å². The van der Waals surface area contributed by atoms with E-state index in [-0.39, 0.29) is 11.6 Å². The highest BCUT2D eigenvalue weighted by molar-refractivity contribution is 5.95. The van der Waals surface area contributed by atoms with Crippen molar-refractivity contribution in [1.82, 2.24) is 4.90 Å². The Bertz CT molecular complexity index is 527. The summed E-state index contributed by atoms with van der Waals surface area (Å²) < 4.78 is 5.14. The molecule has 106 valence electrons. The van der Waals surface area contributed by atoms with Crippen LogP contribution in [0.15, 0.2) is 24.3 Å². The molecule has 20 heavy (non-hydrogen) atoms. The lowest BCUT2D eigenvalue weighted by atomic mass is 10.1. The SMILES string of the molecule is O=C1CN(C2COC2)CCN1c1ccc([N+](=O)[O-])cc1. The Morgan fingerprint density at radius 2 is 1.90 bits per heavy atom. The average molecular weight is 277 g/mol. The molecular weight excluding hydrogens is 262 g/mol. The van der Waals surface area contributed by atoms with E-state index in [4.69, 9.17) is 4.74 Å². The van der Waals surface area contributed by atoms with Gasteiger partial charge in [-0.2, -0.15) is 0 Å². The van der Waals surface area contributed by atoms with Crippen molar-refractivity contribution in [2.24, 2.45) is 0 Å². The van der Waals surface area contributed by atoms with Gasteiger partial charge in [0.2, 0.25) is 5.91 Å². The minimum atomic E-state index is -0.444. The van der Waals surface area contributed by atoms with Crippen LogP contribution >= 0.6 is 0 Å². The first-order valence-electron chi connectivity index (χ1n) is 6.52. The summed E-state index contributed by atoms with van der Waals surface area (Å²) in [6, 6.07) is 6.46. The Morgan fingerprint density at radius 3 is 2.40 bits per heavy atom. The maximum Gasteiger partial charge on any atom is 0.269 e. The lowest BCUT2D eigenvalue weighted by Gasteiger charge is -2.42. The van der Waals surface area contributed by atoms with Crippen LogP contribution in [0.5, 0.6) is 0 Å². The monoisotopic (exact) mass is 277 g/mol. The lowest BCUT2D eigenvalue weighted by molar-refractivity contribution is -0.384. The fourth-order valence-corrected chi connectivity index (χ4v) is 2.46. The van der Waals surface area contributed by atoms with Gasteiger partial charge in [-0.05, 0) is 12.1 Å². The number of nitro groups is 1. The third-order valence-corrected chi connectivity index (χ3v) is 3.76. The van der Waals surface area contributed by atoms with Crippen molar-refractivity contribution in [3.05, 3.63) is 34.4 Å². The zero-order valence-electron chi connectivity index (χ0n) is 10.9. The van der Waals surface area contributed by atoms with Crippen LogP contribution < -0.4 is 4.90 Å². The largest absolute Gasteiger partial charge is 0.378 e. The standard InChI is InChI=1S/C13H15N3O4/c17-13-7-14(12-8-20-9-12)5-6-15(13)10-1-3-11(4-2-10)16(18)19/h1-4,12H,5-9H2. The summed E-state index contributed by atoms with van der Waals surface area (Å²) in [6.45, 7) is 3.19. The molecule has 2 heterocycles. The zero-order chi connectivity index (χ0) is 14.1. The molecule has 0 unspecified atom stereocenters. The Balaban J connectivity index is 1.68. The molecule has 0 radical (unpaired) electrons. The van der Waals surface area contributed by atoms with Gasteiger partial charge in [-0.15, -0.1) is 0 Å². The van der Waals surface area contributed by atoms with Crippen LogP contribution in [-0.2, 0) is 9.53 Å². The number of anilines is 1. The summed E-state index contributed by atoms with van der Waals surface area (Å²) in [6.07, 6.45) is 0. The molecule has 7 nitrogen and oxygen atoms in total. The number of hydrogen-bond acceptors (Lipinski definition) is 5. The van der Waals surface area contributed by atoms with Crippen LogP contribution in [0.1, 0.15) is 0 Å². The van der Waals surface area contributed by atoms with Crippen molar-refractivity contribution < 1.29 is 14.5 Å². The maximum absolute atomic E-state index is 12.2. The summed E-state index contributed by atoms with van der Waals surface area (Å²) in [5.41, 5.74) is 0.747. The summed E-state index contributed by atoms with van der Waals surface area (Å²) in [7, 11) is 0. The first-order chi connectivity index (χ1) is 9.65. The summed E-state index contributed by atoms with van der Waals surface area (Å²) in [5.74, 6) is 0.0250. The van der Waals surface area contributed by atoms with Crippen molar-refractivity contribution in [3.8, 4) is 0 Å². The Kier molecular flexibility index (Phi) is 3.37. The number of ether oxygens (including phenoxy) is 1. The number of nitro benzene ring substituents is 1. The van der Waals surface area contributed by atoms with Gasteiger partial charge in [0, 0.05) is 30.9 Å². The van der Waals surface area contributed by atoms with Crippen LogP contribution in [0, 0.1) is 10.1 Å². The Labute approximate surface area is 115 Å². The number of benzene rings is 1. The molecule has 2 saturated heterocycles. The average Bonchev–Trinajstić information content (AvgIpc) is 2.37. The number of carbonyl (C=O) groups is 1. The Hall–Kier alpha value is -1.99. The Morgan fingerprint density at radius 1 is 1.20 bits per heavy atom. The second-order valence-corrected chi connectivity index (χ2v) is 4.98. The number of rotatable bonds is 3. The van der Waals surface area contributed by atoms with Gasteiger partial charge in [0.1, 0.15) is 0 Å². The predicted octanol–water partition coefficient (Wildman–Crippen LogP) is 0.642. The molecule has 0 aromatic heterocycles. The van der Waals surface area contributed by atoms with E-state index in [9.17, 15) is 14.9 Å². The third kappa shape index (κ3) is 2.37. The summed E-state index contributed by atoms with van der Waals surface area (Å²) >= 11 is 0. The van der Waals surface area contributed by atoms with Gasteiger partial charge in [-0.1, -0.05) is 0 Å². The van der Waals surface area contributed by atoms with Crippen molar-refractivity contribution >= 4 is 17.3 Å². The third-order valence-electron chi connectivity index (χ3n) is 3.76. The smallest absolute Gasteiger partial charge is 0.269 e. The molecule has 2 aliphatic heterocycles. The molecule has 7 heteroatoms. The fraction of sp³-hybridized carbons (Fsp3) is 0.462. The molecule has 1 aromatic rings. The number of carbonyl (C=O) groups excluding carboxylic acids is 1. The quantitative estimate of drug-likeness (QED) is 0.598. The maximum atomic E-state index is 12.2. The van der Waals surface area contributed by atoms with Crippen LogP contribution in [0.2, 0.25) is 0 Å². The molecule has 0 N–H and O–H groups in total. The molecule has 1 amide bonds. The molecule has 0 aliphatic carbocycles. The normalized spacial score (nSPS) is 20.8. The van der Waals surface area contributed by atoms with Crippen LogP contribution in [0.3, 0.4) is 0 Å². The van der Waals surface area contributed by atoms with E-state index in [1.165, 1.54) is 12.1 Å². The van der Waals surface area contributed by atoms with Gasteiger partial charge in [0.15, 0.2) is 0 Å². The number of hydrogen-bond donors (Lipinski definition) is 0. The molecule has 0 atom stereocenters. The summed E-state index contributed by atoms with van der Waals surface area (Å²) in [5, 5.41) is 10.6. The second kappa shape index (κ2) is 5.18. The van der Waals surface area contributed by atoms with E-state index >= 15 is 0 Å². The van der Waals surface area contributed by atoms with E-state index in [0.717, 1.165) is 6.54 Å². The minimum Gasteiger partial charge on any atom is -0.378 e. The van der Waals surface area contributed by atoms with E-state index in [1.807, 2.05) is 0 Å². The highest BCUT2D eigenvalue weighted by atomic mass is 16.6. The molecule has 1 aromatic carbocycles. The van der Waals surface area contributed by atoms with E-state index in [2.05, 4.69) is 4.90 Å². The molecule has 0 bridgehead atoms. The van der Waals surface area contributed by atoms with Gasteiger partial charge >= 0.3 is 0 Å². The number of piperazine rings is 1. The molecule has 0 spiro atoms. The van der Waals surface area contributed by atoms with Gasteiger partial charge in [0.05, 0.1) is 30.7 Å². The first kappa shape index (κ1) is 13.0. The topological polar surface area (TPSA) is 75.9 Å². The fourth-order valence-electron chi connectivity index (χ4n) is 2.46. The lowest BCUT2D eigenvalue weighted by Crippen LogP contribution is -2.58. The number of non-ortho nitro benzene ring substituents is 1. The summed E-state index contributed by atoms with van der Waals surface area (Å²) in [4.78, 5) is 26.2. The minimum absolute atomic E-state index is 0.0250. The molecule has 3 rings (SSSR count). The van der Waals surface area contributed by atoms with Crippen LogP contribution in [0.4, 0.5) is 11.4 Å². The van der Waals surface area contributed by atoms with Crippen molar-refractivity contribution in [3.63, 3.8) is 0 Å². The van der Waals surface area contributed by atoms with E-state index in [1.54, 1.807) is 17.0 Å².